The van der Waals surface area contributed by atoms with Gasteiger partial charge in [0.15, 0.2) is 5.78 Å². The number of anilines is 1. The molecule has 0 unspecified atom stereocenters. The zero-order chi connectivity index (χ0) is 15.0. The molecular weight excluding hydrogens is 288 g/mol. The minimum atomic E-state index is -0.228. The molecule has 1 heterocycles. The second-order valence-corrected chi connectivity index (χ2v) is 5.03. The largest absolute Gasteiger partial charge is 0.496 e. The van der Waals surface area contributed by atoms with Gasteiger partial charge in [0, 0.05) is 17.4 Å². The number of hydrogen-bond donors (Lipinski definition) is 2. The number of nitrogens with one attached hydrogen (secondary N) is 1. The van der Waals surface area contributed by atoms with Gasteiger partial charge in [-0.25, -0.2) is 0 Å². The van der Waals surface area contributed by atoms with Crippen molar-refractivity contribution in [3.63, 3.8) is 0 Å². The highest BCUT2D eigenvalue weighted by atomic mass is 35.5. The second-order valence-electron chi connectivity index (χ2n) is 4.62. The third-order valence-electron chi connectivity index (χ3n) is 3.41. The first-order chi connectivity index (χ1) is 10.1. The number of rotatable bonds is 3. The SMILES string of the molecule is COc1cccc2[nH]cc(C(=O)c3c(N)cccc3Cl)c12. The highest BCUT2D eigenvalue weighted by Gasteiger charge is 2.21. The van der Waals surface area contributed by atoms with Crippen LogP contribution in [-0.4, -0.2) is 17.9 Å². The maximum absolute atomic E-state index is 12.8. The number of benzene rings is 2. The van der Waals surface area contributed by atoms with Crippen LogP contribution in [0.5, 0.6) is 5.75 Å². The van der Waals surface area contributed by atoms with Crippen molar-refractivity contribution in [3.8, 4) is 5.75 Å². The van der Waals surface area contributed by atoms with E-state index in [1.54, 1.807) is 31.5 Å². The number of carbonyl (C=O) groups is 1. The molecular formula is C16H13ClN2O2. The van der Waals surface area contributed by atoms with E-state index in [0.29, 0.717) is 27.6 Å². The summed E-state index contributed by atoms with van der Waals surface area (Å²) >= 11 is 6.12. The molecule has 0 aliphatic carbocycles. The maximum Gasteiger partial charge on any atom is 0.198 e. The lowest BCUT2D eigenvalue weighted by atomic mass is 10.0. The van der Waals surface area contributed by atoms with Crippen LogP contribution in [0.2, 0.25) is 5.02 Å². The quantitative estimate of drug-likeness (QED) is 0.573. The van der Waals surface area contributed by atoms with Crippen molar-refractivity contribution in [1.82, 2.24) is 4.98 Å². The van der Waals surface area contributed by atoms with Crippen molar-refractivity contribution in [2.75, 3.05) is 12.8 Å². The van der Waals surface area contributed by atoms with Crippen molar-refractivity contribution >= 4 is 34.0 Å². The average Bonchev–Trinajstić information content (AvgIpc) is 2.90. The predicted octanol–water partition coefficient (Wildman–Crippen LogP) is 3.64. The van der Waals surface area contributed by atoms with Crippen LogP contribution in [0.25, 0.3) is 10.9 Å². The number of hydrogen-bond acceptors (Lipinski definition) is 3. The topological polar surface area (TPSA) is 68.1 Å². The Hall–Kier alpha value is -2.46. The normalized spacial score (nSPS) is 10.8. The van der Waals surface area contributed by atoms with Crippen LogP contribution in [-0.2, 0) is 0 Å². The summed E-state index contributed by atoms with van der Waals surface area (Å²) in [5, 5.41) is 1.06. The van der Waals surface area contributed by atoms with Crippen molar-refractivity contribution in [3.05, 3.63) is 58.7 Å². The third-order valence-corrected chi connectivity index (χ3v) is 3.72. The Morgan fingerprint density at radius 2 is 2.00 bits per heavy atom. The molecule has 1 aromatic heterocycles. The first-order valence-electron chi connectivity index (χ1n) is 6.36. The first kappa shape index (κ1) is 13.5. The molecule has 5 heteroatoms. The van der Waals surface area contributed by atoms with Crippen molar-refractivity contribution in [2.45, 2.75) is 0 Å². The molecule has 21 heavy (non-hydrogen) atoms. The van der Waals surface area contributed by atoms with E-state index in [9.17, 15) is 4.79 Å². The summed E-state index contributed by atoms with van der Waals surface area (Å²) in [6.45, 7) is 0. The van der Waals surface area contributed by atoms with Gasteiger partial charge in [-0.15, -0.1) is 0 Å². The highest BCUT2D eigenvalue weighted by molar-refractivity contribution is 6.36. The zero-order valence-electron chi connectivity index (χ0n) is 11.3. The summed E-state index contributed by atoms with van der Waals surface area (Å²) in [4.78, 5) is 15.9. The van der Waals surface area contributed by atoms with Gasteiger partial charge in [0.25, 0.3) is 0 Å². The second kappa shape index (κ2) is 5.14. The van der Waals surface area contributed by atoms with Crippen LogP contribution in [0.1, 0.15) is 15.9 Å². The number of aromatic nitrogens is 1. The van der Waals surface area contributed by atoms with Gasteiger partial charge in [0.2, 0.25) is 0 Å². The Morgan fingerprint density at radius 1 is 1.24 bits per heavy atom. The number of methoxy groups -OCH3 is 1. The number of halogens is 1. The summed E-state index contributed by atoms with van der Waals surface area (Å²) < 4.78 is 5.34. The van der Waals surface area contributed by atoms with Gasteiger partial charge >= 0.3 is 0 Å². The molecule has 0 aliphatic heterocycles. The lowest BCUT2D eigenvalue weighted by Crippen LogP contribution is -2.06. The number of fused-ring (bicyclic) bond motifs is 1. The molecule has 0 radical (unpaired) electrons. The molecule has 3 N–H and O–H groups in total. The van der Waals surface area contributed by atoms with E-state index in [1.165, 1.54) is 0 Å². The van der Waals surface area contributed by atoms with Gasteiger partial charge in [0.1, 0.15) is 5.75 Å². The predicted molar refractivity (Wildman–Crippen MR) is 84.1 cm³/mol. The fourth-order valence-corrected chi connectivity index (χ4v) is 2.68. The summed E-state index contributed by atoms with van der Waals surface area (Å²) in [5.74, 6) is 0.400. The monoisotopic (exact) mass is 300 g/mol. The molecule has 0 fully saturated rings. The minimum Gasteiger partial charge on any atom is -0.496 e. The molecule has 106 valence electrons. The Kier molecular flexibility index (Phi) is 3.31. The number of aromatic amines is 1. The van der Waals surface area contributed by atoms with E-state index in [-0.39, 0.29) is 5.78 Å². The summed E-state index contributed by atoms with van der Waals surface area (Å²) in [6.07, 6.45) is 1.65. The van der Waals surface area contributed by atoms with Crippen molar-refractivity contribution in [1.29, 1.82) is 0 Å². The van der Waals surface area contributed by atoms with Crippen LogP contribution in [0.4, 0.5) is 5.69 Å². The van der Waals surface area contributed by atoms with E-state index in [4.69, 9.17) is 22.1 Å². The first-order valence-corrected chi connectivity index (χ1v) is 6.74. The maximum atomic E-state index is 12.8. The van der Waals surface area contributed by atoms with Crippen LogP contribution < -0.4 is 10.5 Å². The van der Waals surface area contributed by atoms with Gasteiger partial charge in [0.05, 0.1) is 28.6 Å². The number of carbonyl (C=O) groups excluding carboxylic acids is 1. The van der Waals surface area contributed by atoms with Gasteiger partial charge in [-0.1, -0.05) is 23.7 Å². The van der Waals surface area contributed by atoms with Crippen LogP contribution in [0.15, 0.2) is 42.6 Å². The molecule has 2 aromatic carbocycles. The van der Waals surface area contributed by atoms with E-state index >= 15 is 0 Å². The number of nitrogens with two attached hydrogens (primary N) is 1. The number of nitrogen functional groups attached to an aromatic ring is 1. The Balaban J connectivity index is 2.24. The Bertz CT molecular complexity index is 819. The standard InChI is InChI=1S/C16H13ClN2O2/c1-21-13-7-3-6-12-14(13)9(8-19-12)16(20)15-10(17)4-2-5-11(15)18/h2-8,19H,18H2,1H3. The zero-order valence-corrected chi connectivity index (χ0v) is 12.1. The Morgan fingerprint density at radius 3 is 2.71 bits per heavy atom. The molecule has 0 bridgehead atoms. The fraction of sp³-hybridized carbons (Fsp3) is 0.0625. The van der Waals surface area contributed by atoms with Gasteiger partial charge in [-0.05, 0) is 24.3 Å². The van der Waals surface area contributed by atoms with E-state index in [1.807, 2.05) is 18.2 Å². The molecule has 3 rings (SSSR count). The highest BCUT2D eigenvalue weighted by Crippen LogP contribution is 2.32. The fourth-order valence-electron chi connectivity index (χ4n) is 2.42. The Labute approximate surface area is 126 Å². The average molecular weight is 301 g/mol. The molecule has 0 spiro atoms. The molecule has 0 saturated heterocycles. The van der Waals surface area contributed by atoms with Gasteiger partial charge in [-0.2, -0.15) is 0 Å². The summed E-state index contributed by atoms with van der Waals surface area (Å²) in [5.41, 5.74) is 7.88. The number of ketones is 1. The van der Waals surface area contributed by atoms with Crippen LogP contribution >= 0.6 is 11.6 Å². The van der Waals surface area contributed by atoms with Crippen LogP contribution in [0.3, 0.4) is 0 Å². The van der Waals surface area contributed by atoms with Gasteiger partial charge < -0.3 is 15.5 Å². The van der Waals surface area contributed by atoms with E-state index < -0.39 is 0 Å². The van der Waals surface area contributed by atoms with Crippen molar-refractivity contribution in [2.24, 2.45) is 0 Å². The van der Waals surface area contributed by atoms with E-state index in [0.717, 1.165) is 10.9 Å². The summed E-state index contributed by atoms with van der Waals surface area (Å²) in [6, 6.07) is 10.6. The lowest BCUT2D eigenvalue weighted by Gasteiger charge is -2.08. The minimum absolute atomic E-state index is 0.228. The molecule has 0 aliphatic rings. The van der Waals surface area contributed by atoms with Gasteiger partial charge in [-0.3, -0.25) is 4.79 Å². The molecule has 0 amide bonds. The number of ether oxygens (including phenoxy) is 1. The molecule has 0 saturated carbocycles. The smallest absolute Gasteiger partial charge is 0.198 e. The number of H-pyrrole nitrogens is 1. The lowest BCUT2D eigenvalue weighted by molar-refractivity contribution is 0.104. The van der Waals surface area contributed by atoms with E-state index in [2.05, 4.69) is 4.98 Å². The summed E-state index contributed by atoms with van der Waals surface area (Å²) in [7, 11) is 1.57. The van der Waals surface area contributed by atoms with Crippen molar-refractivity contribution < 1.29 is 9.53 Å². The molecule has 4 nitrogen and oxygen atoms in total. The molecule has 0 atom stereocenters. The third kappa shape index (κ3) is 2.14. The molecule has 3 aromatic rings. The van der Waals surface area contributed by atoms with Crippen LogP contribution in [0, 0.1) is 0 Å².